The molecule has 0 atom stereocenters. The predicted octanol–water partition coefficient (Wildman–Crippen LogP) is 1.75. The second kappa shape index (κ2) is 2.07. The van der Waals surface area contributed by atoms with E-state index >= 15 is 0 Å². The summed E-state index contributed by atoms with van der Waals surface area (Å²) in [6.45, 7) is 1.90. The summed E-state index contributed by atoms with van der Waals surface area (Å²) >= 11 is 5.24. The molecule has 0 aliphatic rings. The van der Waals surface area contributed by atoms with E-state index in [9.17, 15) is 0 Å². The van der Waals surface area contributed by atoms with Gasteiger partial charge < -0.3 is 8.38 Å². The zero-order chi connectivity index (χ0) is 3.58. The molecule has 0 N–H and O–H groups in total. The monoisotopic (exact) mass is 109 g/mol. The van der Waals surface area contributed by atoms with Gasteiger partial charge in [-0.05, 0) is 0 Å². The molecule has 0 aromatic carbocycles. The number of hydrogen-bond donors (Lipinski definition) is 0. The van der Waals surface area contributed by atoms with E-state index in [0.29, 0.717) is 0 Å². The summed E-state index contributed by atoms with van der Waals surface area (Å²) in [6, 6.07) is 0. The molecule has 0 radical (unpaired) electrons. The molecular formula is CH3ClPSi-. The van der Waals surface area contributed by atoms with Gasteiger partial charge in [0.2, 0.25) is 0 Å². The van der Waals surface area contributed by atoms with Gasteiger partial charge >= 0.3 is 0 Å². The van der Waals surface area contributed by atoms with E-state index in [-0.39, 0.29) is 0 Å². The van der Waals surface area contributed by atoms with Crippen LogP contribution in [0, 0.1) is 0 Å². The highest BCUT2D eigenvalue weighted by Crippen LogP contribution is 1.76. The van der Waals surface area contributed by atoms with E-state index in [0.717, 1.165) is 0 Å². The minimum Gasteiger partial charge on any atom is -0.731 e. The summed E-state index contributed by atoms with van der Waals surface area (Å²) in [5.74, 6) is 0. The molecule has 0 unspecified atom stereocenters. The van der Waals surface area contributed by atoms with Gasteiger partial charge in [0, 0.05) is 0 Å². The van der Waals surface area contributed by atoms with E-state index in [1.54, 1.807) is 0 Å². The Morgan fingerprint density at radius 2 is 2.00 bits per heavy atom. The maximum absolute atomic E-state index is 5.24. The summed E-state index contributed by atoms with van der Waals surface area (Å²) < 4.78 is 0. The Balaban J connectivity index is 2.80. The van der Waals surface area contributed by atoms with Crippen molar-refractivity contribution in [3.63, 3.8) is 0 Å². The fourth-order valence-corrected chi connectivity index (χ4v) is 0. The summed E-state index contributed by atoms with van der Waals surface area (Å²) in [4.78, 5) is 0. The molecule has 0 fully saturated rings. The molecule has 4 heavy (non-hydrogen) atoms. The lowest BCUT2D eigenvalue weighted by atomic mass is 11.9. The molecule has 0 bridgehead atoms. The maximum Gasteiger partial charge on any atom is -0.0684 e. The molecule has 3 heteroatoms. The first kappa shape index (κ1) is 4.81. The van der Waals surface area contributed by atoms with Crippen LogP contribution in [-0.2, 0) is 0 Å². The Morgan fingerprint density at radius 1 is 2.00 bits per heavy atom. The van der Waals surface area contributed by atoms with Crippen LogP contribution < -0.4 is 0 Å². The molecule has 0 aromatic rings. The average molecular weight is 110 g/mol. The van der Waals surface area contributed by atoms with E-state index < -0.39 is 7.36 Å². The van der Waals surface area contributed by atoms with Crippen molar-refractivity contribution in [3.05, 3.63) is 0 Å². The minimum absolute atomic E-state index is 0.713. The summed E-state index contributed by atoms with van der Waals surface area (Å²) in [7, 11) is 3.12. The third kappa shape index (κ3) is 14.1. The zero-order valence-corrected chi connectivity index (χ0v) is 4.98. The van der Waals surface area contributed by atoms with Crippen molar-refractivity contribution in [1.29, 1.82) is 0 Å². The molecule has 0 spiro atoms. The summed E-state index contributed by atoms with van der Waals surface area (Å²) in [6.07, 6.45) is 0. The highest BCUT2D eigenvalue weighted by molar-refractivity contribution is 7.48. The van der Waals surface area contributed by atoms with Crippen molar-refractivity contribution < 1.29 is 0 Å². The van der Waals surface area contributed by atoms with Crippen LogP contribution >= 0.6 is 19.5 Å². The normalized spacial score (nSPS) is 6.50. The highest BCUT2D eigenvalue weighted by Gasteiger charge is 1.43. The highest BCUT2D eigenvalue weighted by atomic mass is 35.6. The Kier molecular flexibility index (Phi) is 2.49. The number of halogens is 1. The smallest absolute Gasteiger partial charge is 0.0684 e. The lowest BCUT2D eigenvalue weighted by Crippen LogP contribution is -1.58. The van der Waals surface area contributed by atoms with Crippen molar-refractivity contribution in [1.82, 2.24) is 0 Å². The van der Waals surface area contributed by atoms with Crippen LogP contribution in [0.4, 0.5) is 0 Å². The lowest BCUT2D eigenvalue weighted by molar-refractivity contribution is 2.36. The van der Waals surface area contributed by atoms with Crippen LogP contribution in [0.15, 0.2) is 0 Å². The first-order chi connectivity index (χ1) is 1.73. The van der Waals surface area contributed by atoms with Gasteiger partial charge in [0.1, 0.15) is 0 Å². The molecule has 0 aliphatic heterocycles. The largest absolute Gasteiger partial charge is 0.731 e. The van der Waals surface area contributed by atoms with E-state index in [1.807, 2.05) is 6.55 Å². The molecule has 0 heterocycles. The quantitative estimate of drug-likeness (QED) is 0.253. The van der Waals surface area contributed by atoms with Crippen LogP contribution in [0.2, 0.25) is 6.55 Å². The first-order valence-corrected chi connectivity index (χ1v) is 5.21. The first-order valence-electron chi connectivity index (χ1n) is 0.913. The van der Waals surface area contributed by atoms with Crippen molar-refractivity contribution in [2.24, 2.45) is 0 Å². The van der Waals surface area contributed by atoms with Gasteiger partial charge in [-0.2, -0.15) is 11.1 Å². The lowest BCUT2D eigenvalue weighted by Gasteiger charge is -1.78. The third-order valence-corrected chi connectivity index (χ3v) is 0. The molecule has 0 saturated heterocycles. The number of rotatable bonds is 0. The van der Waals surface area contributed by atoms with Crippen LogP contribution in [0.25, 0.3) is 0 Å². The second-order valence-corrected chi connectivity index (χ2v) is 6.00. The van der Waals surface area contributed by atoms with Gasteiger partial charge in [-0.1, -0.05) is 13.9 Å². The Bertz CT molecular complexity index is 31.0. The minimum atomic E-state index is -0.713. The van der Waals surface area contributed by atoms with Crippen LogP contribution in [0.3, 0.4) is 0 Å². The Morgan fingerprint density at radius 3 is 2.00 bits per heavy atom. The fourth-order valence-electron chi connectivity index (χ4n) is 0. The molecule has 0 nitrogen and oxygen atoms in total. The zero-order valence-electron chi connectivity index (χ0n) is 2.33. The van der Waals surface area contributed by atoms with Crippen LogP contribution in [0.5, 0.6) is 0 Å². The van der Waals surface area contributed by atoms with Gasteiger partial charge in [-0.3, -0.25) is 0 Å². The molecule has 0 amide bonds. The fraction of sp³-hybridized carbons (Fsp3) is 1.00. The Hall–Kier alpha value is 0.807. The van der Waals surface area contributed by atoms with Crippen molar-refractivity contribution in [3.8, 4) is 0 Å². The Labute approximate surface area is 34.1 Å². The van der Waals surface area contributed by atoms with E-state index in [1.165, 1.54) is 0 Å². The average Bonchev–Trinajstić information content (AvgIpc) is 0.811. The maximum atomic E-state index is 5.24. The molecule has 0 aliphatic carbocycles. The van der Waals surface area contributed by atoms with Gasteiger partial charge in [0.15, 0.2) is 0 Å². The standard InChI is InChI=1S/CH3ClPSi/c1-4(2)3/h1H3/q-1. The van der Waals surface area contributed by atoms with Crippen LogP contribution in [0.1, 0.15) is 0 Å². The van der Waals surface area contributed by atoms with Gasteiger partial charge in [0.05, 0.1) is 0 Å². The van der Waals surface area contributed by atoms with Crippen molar-refractivity contribution in [2.75, 3.05) is 0 Å². The van der Waals surface area contributed by atoms with Gasteiger partial charge in [-0.15, -0.1) is 0 Å². The molecule has 0 aromatic heterocycles. The van der Waals surface area contributed by atoms with Crippen molar-refractivity contribution >= 4 is 26.8 Å². The summed E-state index contributed by atoms with van der Waals surface area (Å²) in [5.41, 5.74) is 0. The molecular weight excluding hydrogens is 107 g/mol. The van der Waals surface area contributed by atoms with Crippen LogP contribution in [-0.4, -0.2) is 7.36 Å². The third-order valence-electron chi connectivity index (χ3n) is 0. The topological polar surface area (TPSA) is 0 Å². The predicted molar refractivity (Wildman–Crippen MR) is 24.4 cm³/mol. The van der Waals surface area contributed by atoms with E-state index in [2.05, 4.69) is 8.38 Å². The van der Waals surface area contributed by atoms with Gasteiger partial charge in [0.25, 0.3) is 0 Å². The van der Waals surface area contributed by atoms with E-state index in [4.69, 9.17) is 11.1 Å². The number of hydrogen-bond acceptors (Lipinski definition) is 0. The molecule has 0 saturated carbocycles. The van der Waals surface area contributed by atoms with Crippen molar-refractivity contribution in [2.45, 2.75) is 6.55 Å². The summed E-state index contributed by atoms with van der Waals surface area (Å²) in [5, 5.41) is 0. The molecule has 24 valence electrons. The molecule has 0 rings (SSSR count). The second-order valence-electron chi connectivity index (χ2n) is 0.497. The SMILES string of the molecule is C[Si](=[P-])Cl. The van der Waals surface area contributed by atoms with Gasteiger partial charge in [-0.25, -0.2) is 0 Å².